The predicted octanol–water partition coefficient (Wildman–Crippen LogP) is 2.42. The molecule has 1 saturated heterocycles. The Kier molecular flexibility index (Phi) is 6.42. The van der Waals surface area contributed by atoms with Gasteiger partial charge in [0.15, 0.2) is 0 Å². The average molecular weight is 319 g/mol. The molecule has 5 heteroatoms. The van der Waals surface area contributed by atoms with Crippen molar-refractivity contribution in [3.8, 4) is 0 Å². The van der Waals surface area contributed by atoms with Crippen LogP contribution in [0.5, 0.6) is 0 Å². The maximum Gasteiger partial charge on any atom is 0.317 e. The second-order valence-electron chi connectivity index (χ2n) is 6.44. The van der Waals surface area contributed by atoms with Crippen molar-refractivity contribution < 1.29 is 9.53 Å². The number of urea groups is 1. The Morgan fingerprint density at radius 1 is 1.35 bits per heavy atom. The first-order valence-corrected chi connectivity index (χ1v) is 8.30. The molecule has 5 nitrogen and oxygen atoms in total. The molecule has 1 aromatic carbocycles. The molecule has 1 fully saturated rings. The molecule has 0 saturated carbocycles. The summed E-state index contributed by atoms with van der Waals surface area (Å²) in [5.74, 6) is 0. The van der Waals surface area contributed by atoms with E-state index in [0.717, 1.165) is 25.9 Å². The molecule has 128 valence electrons. The minimum atomic E-state index is 0.0278. The van der Waals surface area contributed by atoms with Gasteiger partial charge in [-0.2, -0.15) is 0 Å². The normalized spacial score (nSPS) is 17.3. The van der Waals surface area contributed by atoms with Crippen molar-refractivity contribution in [2.24, 2.45) is 0 Å². The fraction of sp³-hybridized carbons (Fsp3) is 0.611. The predicted molar refractivity (Wildman–Crippen MR) is 92.6 cm³/mol. The highest BCUT2D eigenvalue weighted by atomic mass is 16.5. The van der Waals surface area contributed by atoms with E-state index in [9.17, 15) is 4.79 Å². The van der Waals surface area contributed by atoms with E-state index in [4.69, 9.17) is 4.74 Å². The monoisotopic (exact) mass is 319 g/mol. The summed E-state index contributed by atoms with van der Waals surface area (Å²) < 4.78 is 5.35. The van der Waals surface area contributed by atoms with E-state index in [0.29, 0.717) is 12.6 Å². The molecule has 1 atom stereocenters. The Hall–Kier alpha value is -1.59. The summed E-state index contributed by atoms with van der Waals surface area (Å²) in [4.78, 5) is 16.4. The van der Waals surface area contributed by atoms with Crippen LogP contribution < -0.4 is 5.32 Å². The molecule has 1 aliphatic rings. The van der Waals surface area contributed by atoms with E-state index in [1.54, 1.807) is 7.11 Å². The fourth-order valence-electron chi connectivity index (χ4n) is 3.12. The first kappa shape index (κ1) is 17.8. The summed E-state index contributed by atoms with van der Waals surface area (Å²) >= 11 is 0. The van der Waals surface area contributed by atoms with Crippen molar-refractivity contribution >= 4 is 6.03 Å². The van der Waals surface area contributed by atoms with E-state index in [1.807, 2.05) is 25.1 Å². The van der Waals surface area contributed by atoms with Gasteiger partial charge in [0.1, 0.15) is 0 Å². The van der Waals surface area contributed by atoms with Gasteiger partial charge in [0.05, 0.1) is 12.1 Å². The third kappa shape index (κ3) is 4.69. The van der Waals surface area contributed by atoms with Gasteiger partial charge in [-0.25, -0.2) is 4.79 Å². The van der Waals surface area contributed by atoms with E-state index in [1.165, 1.54) is 11.1 Å². The summed E-state index contributed by atoms with van der Waals surface area (Å²) in [5, 5.41) is 3.10. The zero-order valence-corrected chi connectivity index (χ0v) is 14.7. The Labute approximate surface area is 139 Å². The number of likely N-dealkylation sites (tertiary alicyclic amines) is 1. The van der Waals surface area contributed by atoms with Crippen LogP contribution in [-0.4, -0.2) is 62.8 Å². The van der Waals surface area contributed by atoms with Crippen LogP contribution in [0.25, 0.3) is 0 Å². The third-order valence-electron chi connectivity index (χ3n) is 4.68. The number of aryl methyl sites for hydroxylation is 1. The van der Waals surface area contributed by atoms with Gasteiger partial charge >= 0.3 is 6.03 Å². The Bertz CT molecular complexity index is 511. The summed E-state index contributed by atoms with van der Waals surface area (Å²) in [5.41, 5.74) is 2.51. The summed E-state index contributed by atoms with van der Waals surface area (Å²) in [7, 11) is 5.84. The number of nitrogens with one attached hydrogen (secondary N) is 1. The summed E-state index contributed by atoms with van der Waals surface area (Å²) in [6.45, 7) is 4.26. The lowest BCUT2D eigenvalue weighted by Gasteiger charge is -2.32. The number of nitrogens with zero attached hydrogens (tertiary/aromatic N) is 2. The number of carbonyl (C=O) groups is 1. The lowest BCUT2D eigenvalue weighted by atomic mass is 10.0. The van der Waals surface area contributed by atoms with Crippen LogP contribution in [0.4, 0.5) is 4.79 Å². The number of rotatable bonds is 5. The van der Waals surface area contributed by atoms with Crippen LogP contribution in [0, 0.1) is 6.92 Å². The van der Waals surface area contributed by atoms with Crippen LogP contribution >= 0.6 is 0 Å². The highest BCUT2D eigenvalue weighted by molar-refractivity contribution is 5.74. The van der Waals surface area contributed by atoms with E-state index in [-0.39, 0.29) is 12.1 Å². The molecular formula is C18H29N3O2. The second-order valence-corrected chi connectivity index (χ2v) is 6.44. The van der Waals surface area contributed by atoms with Gasteiger partial charge in [-0.15, -0.1) is 0 Å². The SMILES string of the molecule is COC1CCN(C(=O)NC[C@@H](c2ccccc2C)N(C)C)CC1. The molecule has 23 heavy (non-hydrogen) atoms. The van der Waals surface area contributed by atoms with Gasteiger partial charge in [0, 0.05) is 26.7 Å². The van der Waals surface area contributed by atoms with Crippen LogP contribution in [0.1, 0.15) is 30.0 Å². The molecule has 0 aliphatic carbocycles. The molecular weight excluding hydrogens is 290 g/mol. The molecule has 0 bridgehead atoms. The number of ether oxygens (including phenoxy) is 1. The van der Waals surface area contributed by atoms with Crippen LogP contribution in [0.15, 0.2) is 24.3 Å². The van der Waals surface area contributed by atoms with Crippen LogP contribution in [0.3, 0.4) is 0 Å². The van der Waals surface area contributed by atoms with Gasteiger partial charge in [0.2, 0.25) is 0 Å². The van der Waals surface area contributed by atoms with Crippen molar-refractivity contribution in [2.75, 3.05) is 40.8 Å². The number of carbonyl (C=O) groups excluding carboxylic acids is 1. The average Bonchev–Trinajstić information content (AvgIpc) is 2.56. The molecule has 1 N–H and O–H groups in total. The minimum absolute atomic E-state index is 0.0278. The largest absolute Gasteiger partial charge is 0.381 e. The summed E-state index contributed by atoms with van der Waals surface area (Å²) in [6, 6.07) is 8.55. The third-order valence-corrected chi connectivity index (χ3v) is 4.68. The smallest absolute Gasteiger partial charge is 0.317 e. The van der Waals surface area contributed by atoms with Crippen LogP contribution in [-0.2, 0) is 4.74 Å². The number of likely N-dealkylation sites (N-methyl/N-ethyl adjacent to an activating group) is 1. The Morgan fingerprint density at radius 3 is 2.57 bits per heavy atom. The van der Waals surface area contributed by atoms with Gasteiger partial charge in [-0.3, -0.25) is 0 Å². The van der Waals surface area contributed by atoms with Crippen molar-refractivity contribution in [2.45, 2.75) is 31.9 Å². The van der Waals surface area contributed by atoms with E-state index >= 15 is 0 Å². The zero-order chi connectivity index (χ0) is 16.8. The van der Waals surface area contributed by atoms with Gasteiger partial charge in [-0.1, -0.05) is 24.3 Å². The minimum Gasteiger partial charge on any atom is -0.381 e. The van der Waals surface area contributed by atoms with Gasteiger partial charge < -0.3 is 19.9 Å². The maximum absolute atomic E-state index is 12.4. The van der Waals surface area contributed by atoms with E-state index in [2.05, 4.69) is 35.3 Å². The number of amides is 2. The van der Waals surface area contributed by atoms with Crippen LogP contribution in [0.2, 0.25) is 0 Å². The molecule has 0 aromatic heterocycles. The first-order valence-electron chi connectivity index (χ1n) is 8.30. The molecule has 0 radical (unpaired) electrons. The number of methoxy groups -OCH3 is 1. The topological polar surface area (TPSA) is 44.8 Å². The molecule has 1 aromatic rings. The number of benzene rings is 1. The van der Waals surface area contributed by atoms with Crippen molar-refractivity contribution in [1.29, 1.82) is 0 Å². The molecule has 1 aliphatic heterocycles. The van der Waals surface area contributed by atoms with Crippen molar-refractivity contribution in [1.82, 2.24) is 15.1 Å². The van der Waals surface area contributed by atoms with Crippen molar-refractivity contribution in [3.05, 3.63) is 35.4 Å². The zero-order valence-electron chi connectivity index (χ0n) is 14.7. The second kappa shape index (κ2) is 8.31. The maximum atomic E-state index is 12.4. The van der Waals surface area contributed by atoms with Gasteiger partial charge in [-0.05, 0) is 45.0 Å². The lowest BCUT2D eigenvalue weighted by Crippen LogP contribution is -2.47. The lowest BCUT2D eigenvalue weighted by molar-refractivity contribution is 0.0501. The Balaban J connectivity index is 1.92. The molecule has 0 unspecified atom stereocenters. The summed E-state index contributed by atoms with van der Waals surface area (Å²) in [6.07, 6.45) is 2.12. The number of piperidine rings is 1. The molecule has 0 spiro atoms. The standard InChI is InChI=1S/C18H29N3O2/c1-14-7-5-6-8-16(14)17(20(2)3)13-19-18(22)21-11-9-15(23-4)10-12-21/h5-8,15,17H,9-13H2,1-4H3,(H,19,22)/t17-/m0/s1. The quantitative estimate of drug-likeness (QED) is 0.906. The van der Waals surface area contributed by atoms with E-state index < -0.39 is 0 Å². The van der Waals surface area contributed by atoms with Gasteiger partial charge in [0.25, 0.3) is 0 Å². The molecule has 2 rings (SSSR count). The highest BCUT2D eigenvalue weighted by Gasteiger charge is 2.23. The Morgan fingerprint density at radius 2 is 2.00 bits per heavy atom. The first-order chi connectivity index (χ1) is 11.0. The van der Waals surface area contributed by atoms with Crippen molar-refractivity contribution in [3.63, 3.8) is 0 Å². The number of hydrogen-bond acceptors (Lipinski definition) is 3. The number of hydrogen-bond donors (Lipinski definition) is 1. The molecule has 1 heterocycles. The highest BCUT2D eigenvalue weighted by Crippen LogP contribution is 2.21. The fourth-order valence-corrected chi connectivity index (χ4v) is 3.12. The molecule has 2 amide bonds.